The molecule has 14 heteroatoms. The Labute approximate surface area is 375 Å². The number of unbranched alkanes of at least 4 members (excludes halogenated alkanes) is 7. The van der Waals surface area contributed by atoms with Crippen LogP contribution >= 0.6 is 11.3 Å². The van der Waals surface area contributed by atoms with E-state index in [1.54, 1.807) is 36.4 Å². The Balaban J connectivity index is 0.823. The Bertz CT molecular complexity index is 2130. The van der Waals surface area contributed by atoms with Crippen molar-refractivity contribution in [3.05, 3.63) is 132 Å². The third-order valence-corrected chi connectivity index (χ3v) is 11.1. The maximum absolute atomic E-state index is 13.9. The molecule has 5 rings (SSSR count). The third-order valence-electron chi connectivity index (χ3n) is 10.2. The van der Waals surface area contributed by atoms with E-state index in [0.717, 1.165) is 97.0 Å². The first kappa shape index (κ1) is 48.5. The molecule has 1 aliphatic rings. The number of aliphatic imine (C=N–C) groups is 1. The SMILES string of the molecule is C=CCc1ccccc1OC[C@@H](O)CNCCCCCCCCNC(=O)CCCCCNC(=O)COc1ccc(/C=C/C2=NC(=C\c3ccc(-c4cccs4)n3B(F)F)/C=C2)cc1. The van der Waals surface area contributed by atoms with Crippen molar-refractivity contribution in [2.45, 2.75) is 76.7 Å². The fourth-order valence-corrected chi connectivity index (χ4v) is 7.64. The molecule has 334 valence electrons. The lowest BCUT2D eigenvalue weighted by Crippen LogP contribution is -2.32. The highest BCUT2D eigenvalue weighted by Crippen LogP contribution is 2.29. The van der Waals surface area contributed by atoms with Crippen molar-refractivity contribution in [3.8, 4) is 22.1 Å². The Morgan fingerprint density at radius 2 is 1.56 bits per heavy atom. The zero-order valence-corrected chi connectivity index (χ0v) is 36.8. The average molecular weight is 880 g/mol. The number of aromatic nitrogens is 1. The van der Waals surface area contributed by atoms with Crippen LogP contribution in [0.25, 0.3) is 22.7 Å². The number of carbonyl (C=O) groups is 2. The lowest BCUT2D eigenvalue weighted by molar-refractivity contribution is -0.123. The van der Waals surface area contributed by atoms with Gasteiger partial charge >= 0.3 is 7.40 Å². The van der Waals surface area contributed by atoms with Crippen molar-refractivity contribution >= 4 is 48.4 Å². The molecule has 0 radical (unpaired) electrons. The van der Waals surface area contributed by atoms with Crippen LogP contribution in [-0.4, -0.2) is 80.0 Å². The van der Waals surface area contributed by atoms with Crippen LogP contribution in [0.15, 0.2) is 120 Å². The molecule has 63 heavy (non-hydrogen) atoms. The van der Waals surface area contributed by atoms with Gasteiger partial charge in [-0.15, -0.1) is 17.9 Å². The molecule has 2 aromatic heterocycles. The first-order valence-electron chi connectivity index (χ1n) is 22.0. The summed E-state index contributed by atoms with van der Waals surface area (Å²) in [6.07, 6.45) is 20.5. The van der Waals surface area contributed by atoms with Crippen LogP contribution in [0.1, 0.15) is 81.0 Å². The molecule has 0 unspecified atom stereocenters. The molecule has 10 nitrogen and oxygen atoms in total. The normalized spacial score (nSPS) is 13.3. The van der Waals surface area contributed by atoms with E-state index >= 15 is 0 Å². The first-order chi connectivity index (χ1) is 30.8. The summed E-state index contributed by atoms with van der Waals surface area (Å²) in [5.74, 6) is 1.23. The van der Waals surface area contributed by atoms with Gasteiger partial charge in [0.25, 0.3) is 5.91 Å². The highest BCUT2D eigenvalue weighted by Gasteiger charge is 2.24. The van der Waals surface area contributed by atoms with Gasteiger partial charge in [-0.1, -0.05) is 80.7 Å². The highest BCUT2D eigenvalue weighted by atomic mass is 32.1. The highest BCUT2D eigenvalue weighted by molar-refractivity contribution is 7.13. The predicted molar refractivity (Wildman–Crippen MR) is 254 cm³/mol. The molecule has 2 aromatic carbocycles. The van der Waals surface area contributed by atoms with Gasteiger partial charge in [0.15, 0.2) is 6.61 Å². The summed E-state index contributed by atoms with van der Waals surface area (Å²) in [6.45, 7) is 6.53. The largest absolute Gasteiger partial charge is 0.678 e. The molecular formula is C49H60BF2N5O5S. The summed E-state index contributed by atoms with van der Waals surface area (Å²) < 4.78 is 40.4. The second-order valence-electron chi connectivity index (χ2n) is 15.3. The van der Waals surface area contributed by atoms with Crippen molar-refractivity contribution in [1.82, 2.24) is 20.4 Å². The Kier molecular flexibility index (Phi) is 21.1. The molecule has 0 saturated heterocycles. The lowest BCUT2D eigenvalue weighted by atomic mass is 10.1. The minimum absolute atomic E-state index is 0.0733. The zero-order valence-electron chi connectivity index (χ0n) is 36.0. The van der Waals surface area contributed by atoms with Crippen molar-refractivity contribution in [3.63, 3.8) is 0 Å². The van der Waals surface area contributed by atoms with Crippen molar-refractivity contribution in [1.29, 1.82) is 0 Å². The van der Waals surface area contributed by atoms with Crippen LogP contribution < -0.4 is 25.4 Å². The van der Waals surface area contributed by atoms with Crippen molar-refractivity contribution in [2.24, 2.45) is 4.99 Å². The molecule has 4 N–H and O–H groups in total. The number of allylic oxidation sites excluding steroid dienone is 4. The maximum atomic E-state index is 13.9. The van der Waals surface area contributed by atoms with E-state index in [0.29, 0.717) is 54.6 Å². The summed E-state index contributed by atoms with van der Waals surface area (Å²) in [5.41, 5.74) is 4.12. The van der Waals surface area contributed by atoms with Gasteiger partial charge in [-0.3, -0.25) is 18.2 Å². The number of aliphatic hydroxyl groups is 1. The molecule has 1 atom stereocenters. The third kappa shape index (κ3) is 17.6. The lowest BCUT2D eigenvalue weighted by Gasteiger charge is -2.15. The van der Waals surface area contributed by atoms with Crippen molar-refractivity contribution < 1.29 is 32.8 Å². The number of carbonyl (C=O) groups excluding carboxylic acids is 2. The number of amides is 2. The Hall–Kier alpha value is -5.57. The number of nitrogens with zero attached hydrogens (tertiary/aromatic N) is 2. The fourth-order valence-electron chi connectivity index (χ4n) is 6.90. The Morgan fingerprint density at radius 1 is 0.825 bits per heavy atom. The summed E-state index contributed by atoms with van der Waals surface area (Å²) in [6, 6.07) is 22.2. The van der Waals surface area contributed by atoms with Crippen LogP contribution in [0.5, 0.6) is 11.5 Å². The number of aliphatic hydroxyl groups excluding tert-OH is 1. The number of thiophene rings is 1. The fraction of sp³-hybridized carbons (Fsp3) is 0.367. The zero-order chi connectivity index (χ0) is 44.5. The van der Waals surface area contributed by atoms with Gasteiger partial charge < -0.3 is 35.0 Å². The minimum Gasteiger partial charge on any atom is -0.491 e. The van der Waals surface area contributed by atoms with Crippen LogP contribution in [0.4, 0.5) is 8.63 Å². The Morgan fingerprint density at radius 3 is 2.30 bits per heavy atom. The average Bonchev–Trinajstić information content (AvgIpc) is 4.08. The minimum atomic E-state index is -2.68. The van der Waals surface area contributed by atoms with Gasteiger partial charge in [0, 0.05) is 36.6 Å². The molecule has 0 saturated carbocycles. The van der Waals surface area contributed by atoms with E-state index < -0.39 is 13.5 Å². The number of hydrogen-bond donors (Lipinski definition) is 4. The van der Waals surface area contributed by atoms with Crippen LogP contribution in [0, 0.1) is 0 Å². The number of ether oxygens (including phenoxy) is 2. The van der Waals surface area contributed by atoms with E-state index in [4.69, 9.17) is 9.47 Å². The smallest absolute Gasteiger partial charge is 0.491 e. The summed E-state index contributed by atoms with van der Waals surface area (Å²) in [5, 5.41) is 21.3. The molecule has 2 amide bonds. The van der Waals surface area contributed by atoms with E-state index in [9.17, 15) is 23.3 Å². The quantitative estimate of drug-likeness (QED) is 0.0235. The number of benzene rings is 2. The number of rotatable bonds is 30. The molecule has 1 aliphatic heterocycles. The van der Waals surface area contributed by atoms with Gasteiger partial charge in [0.2, 0.25) is 5.91 Å². The maximum Gasteiger partial charge on any atom is 0.678 e. The standard InChI is InChI=1S/C49H60BF2N5O5S/c1-2-15-39-16-9-10-17-46(39)62-36-43(58)35-53-30-11-5-3-4-6-12-31-54-48(59)19-8-7-13-32-55-49(60)37-61-44-27-21-38(22-28-44)20-23-40-24-25-41(56-40)34-42-26-29-45(57(42)50(51)52)47-18-14-33-63-47/h2,9-10,14,16-18,20-29,33-34,43,53,58H,1,3-8,11-13,15,19,30-32,35-37H2,(H,54,59)(H,55,60)/b23-20+,41-34-/t43-/m0/s1. The van der Waals surface area contributed by atoms with Gasteiger partial charge in [-0.2, -0.15) is 0 Å². The van der Waals surface area contributed by atoms with E-state index in [-0.39, 0.29) is 25.0 Å². The first-order valence-corrected chi connectivity index (χ1v) is 22.8. The topological polar surface area (TPSA) is 126 Å². The van der Waals surface area contributed by atoms with E-state index in [2.05, 4.69) is 27.5 Å². The van der Waals surface area contributed by atoms with Gasteiger partial charge in [-0.25, -0.2) is 4.99 Å². The summed E-state index contributed by atoms with van der Waals surface area (Å²) >= 11 is 1.42. The number of halogens is 2. The molecule has 0 fully saturated rings. The van der Waals surface area contributed by atoms with E-state index in [1.807, 2.05) is 78.2 Å². The summed E-state index contributed by atoms with van der Waals surface area (Å²) in [4.78, 5) is 29.9. The molecule has 4 aromatic rings. The molecule has 0 aliphatic carbocycles. The van der Waals surface area contributed by atoms with Crippen molar-refractivity contribution in [2.75, 3.05) is 39.4 Å². The number of hydrogen-bond acceptors (Lipinski definition) is 8. The second kappa shape index (κ2) is 27.5. The second-order valence-corrected chi connectivity index (χ2v) is 16.2. The number of para-hydroxylation sites is 1. The predicted octanol–water partition coefficient (Wildman–Crippen LogP) is 9.32. The van der Waals surface area contributed by atoms with Crippen LogP contribution in [0.2, 0.25) is 0 Å². The van der Waals surface area contributed by atoms with Gasteiger partial charge in [0.1, 0.15) is 24.2 Å². The molecular weight excluding hydrogens is 819 g/mol. The molecule has 0 bridgehead atoms. The summed E-state index contributed by atoms with van der Waals surface area (Å²) in [7, 11) is -2.68. The van der Waals surface area contributed by atoms with Gasteiger partial charge in [-0.05, 0) is 116 Å². The number of nitrogens with one attached hydrogen (secondary N) is 3. The van der Waals surface area contributed by atoms with Crippen LogP contribution in [0.3, 0.4) is 0 Å². The van der Waals surface area contributed by atoms with E-state index in [1.165, 1.54) is 11.3 Å². The molecule has 3 heterocycles. The molecule has 0 spiro atoms. The monoisotopic (exact) mass is 879 g/mol. The van der Waals surface area contributed by atoms with Gasteiger partial charge in [0.05, 0.1) is 17.1 Å². The van der Waals surface area contributed by atoms with Crippen LogP contribution in [-0.2, 0) is 16.0 Å².